The Balaban J connectivity index is 2.63. The van der Waals surface area contributed by atoms with E-state index in [-0.39, 0.29) is 0 Å². The van der Waals surface area contributed by atoms with E-state index in [2.05, 4.69) is 22.3 Å². The molecule has 0 bridgehead atoms. The maximum atomic E-state index is 4.23. The van der Waals surface area contributed by atoms with Gasteiger partial charge in [0.05, 0.1) is 5.69 Å². The molecule has 0 aliphatic carbocycles. The van der Waals surface area contributed by atoms with E-state index in [4.69, 9.17) is 0 Å². The van der Waals surface area contributed by atoms with Crippen LogP contribution in [0.2, 0.25) is 0 Å². The molecule has 1 rings (SSSR count). The van der Waals surface area contributed by atoms with Crippen molar-refractivity contribution in [1.29, 1.82) is 0 Å². The highest BCUT2D eigenvalue weighted by atomic mass is 32.2. The summed E-state index contributed by atoms with van der Waals surface area (Å²) in [6.07, 6.45) is 3.78. The second-order valence-corrected chi connectivity index (χ2v) is 3.47. The Bertz CT molecular complexity index is 271. The molecule has 0 radical (unpaired) electrons. The van der Waals surface area contributed by atoms with E-state index in [1.807, 2.05) is 19.1 Å². The molecule has 0 N–H and O–H groups in total. The lowest BCUT2D eigenvalue weighted by atomic mass is 10.4. The summed E-state index contributed by atoms with van der Waals surface area (Å²) in [5, 5.41) is 2.06. The molecular weight excluding hydrogens is 168 g/mol. The smallest absolute Gasteiger partial charge is 0.125 e. The number of hydrogen-bond acceptors (Lipinski definition) is 3. The predicted octanol–water partition coefficient (Wildman–Crippen LogP) is 2.51. The first-order valence-corrected chi connectivity index (χ1v) is 4.95. The van der Waals surface area contributed by atoms with E-state index in [0.29, 0.717) is 0 Å². The van der Waals surface area contributed by atoms with Crippen LogP contribution < -0.4 is 0 Å². The number of aromatic nitrogens is 2. The van der Waals surface area contributed by atoms with Crippen LogP contribution in [0.4, 0.5) is 0 Å². The van der Waals surface area contributed by atoms with Crippen LogP contribution >= 0.6 is 11.8 Å². The van der Waals surface area contributed by atoms with E-state index in [0.717, 1.165) is 17.3 Å². The summed E-state index contributed by atoms with van der Waals surface area (Å²) >= 11 is 1.77. The molecular formula is C9H12N2S. The topological polar surface area (TPSA) is 25.8 Å². The molecule has 0 aliphatic rings. The fraction of sp³-hybridized carbons (Fsp3) is 0.333. The van der Waals surface area contributed by atoms with E-state index < -0.39 is 0 Å². The fourth-order valence-corrected chi connectivity index (χ4v) is 1.21. The van der Waals surface area contributed by atoms with Crippen molar-refractivity contribution in [2.24, 2.45) is 0 Å². The molecule has 64 valence electrons. The van der Waals surface area contributed by atoms with Crippen molar-refractivity contribution in [2.75, 3.05) is 5.75 Å². The minimum absolute atomic E-state index is 0.818. The van der Waals surface area contributed by atoms with Crippen molar-refractivity contribution in [2.45, 2.75) is 13.8 Å². The van der Waals surface area contributed by atoms with Gasteiger partial charge in [0.15, 0.2) is 0 Å². The van der Waals surface area contributed by atoms with Gasteiger partial charge in [0, 0.05) is 6.20 Å². The third-order valence-electron chi connectivity index (χ3n) is 1.30. The van der Waals surface area contributed by atoms with Crippen LogP contribution in [0.1, 0.15) is 18.4 Å². The Morgan fingerprint density at radius 1 is 1.58 bits per heavy atom. The average molecular weight is 180 g/mol. The summed E-state index contributed by atoms with van der Waals surface area (Å²) in [6, 6.07) is 1.90. The molecule has 0 amide bonds. The lowest BCUT2D eigenvalue weighted by Crippen LogP contribution is -1.87. The number of rotatable bonds is 3. The quantitative estimate of drug-likeness (QED) is 0.714. The number of thioether (sulfide) groups is 1. The minimum atomic E-state index is 0.818. The fourth-order valence-electron chi connectivity index (χ4n) is 0.781. The molecule has 2 nitrogen and oxygen atoms in total. The molecule has 1 aromatic heterocycles. The maximum Gasteiger partial charge on any atom is 0.125 e. The van der Waals surface area contributed by atoms with Gasteiger partial charge in [-0.25, -0.2) is 9.97 Å². The van der Waals surface area contributed by atoms with E-state index in [9.17, 15) is 0 Å². The summed E-state index contributed by atoms with van der Waals surface area (Å²) in [5.74, 6) is 1.92. The molecule has 0 saturated carbocycles. The van der Waals surface area contributed by atoms with Crippen LogP contribution in [0, 0.1) is 6.92 Å². The Labute approximate surface area is 77.1 Å². The Kier molecular flexibility index (Phi) is 3.80. The first-order chi connectivity index (χ1) is 5.83. The zero-order chi connectivity index (χ0) is 8.81. The standard InChI is InChI=1S/C9H12N2S/c1-3-12-7-5-9-4-6-10-8(2)11-9/h4-7H,3H2,1-2H3/b7-5+. The highest BCUT2D eigenvalue weighted by molar-refractivity contribution is 8.02. The van der Waals surface area contributed by atoms with Gasteiger partial charge in [0.1, 0.15) is 5.82 Å². The summed E-state index contributed by atoms with van der Waals surface area (Å²) in [5.41, 5.74) is 0.975. The number of aryl methyl sites for hydroxylation is 1. The van der Waals surface area contributed by atoms with E-state index in [1.54, 1.807) is 18.0 Å². The van der Waals surface area contributed by atoms with Gasteiger partial charge in [-0.15, -0.1) is 11.8 Å². The summed E-state index contributed by atoms with van der Waals surface area (Å²) in [4.78, 5) is 8.25. The predicted molar refractivity (Wildman–Crippen MR) is 53.9 cm³/mol. The van der Waals surface area contributed by atoms with Gasteiger partial charge in [0.25, 0.3) is 0 Å². The molecule has 1 aromatic rings. The first kappa shape index (κ1) is 9.26. The summed E-state index contributed by atoms with van der Waals surface area (Å²) in [6.45, 7) is 4.02. The molecule has 0 aliphatic heterocycles. The molecule has 0 unspecified atom stereocenters. The normalized spacial score (nSPS) is 10.8. The van der Waals surface area contributed by atoms with Crippen LogP contribution in [0.5, 0.6) is 0 Å². The Hall–Kier alpha value is -0.830. The summed E-state index contributed by atoms with van der Waals surface area (Å²) < 4.78 is 0. The van der Waals surface area contributed by atoms with Crippen LogP contribution in [-0.2, 0) is 0 Å². The van der Waals surface area contributed by atoms with Crippen molar-refractivity contribution in [3.05, 3.63) is 29.2 Å². The maximum absolute atomic E-state index is 4.23. The van der Waals surface area contributed by atoms with Gasteiger partial charge in [-0.3, -0.25) is 0 Å². The Morgan fingerprint density at radius 2 is 2.42 bits per heavy atom. The third-order valence-corrected chi connectivity index (χ3v) is 1.96. The molecule has 0 aromatic carbocycles. The van der Waals surface area contributed by atoms with Crippen molar-refractivity contribution >= 4 is 17.8 Å². The molecule has 0 spiro atoms. The van der Waals surface area contributed by atoms with Crippen LogP contribution in [0.15, 0.2) is 17.7 Å². The van der Waals surface area contributed by atoms with Crippen molar-refractivity contribution in [3.63, 3.8) is 0 Å². The zero-order valence-electron chi connectivity index (χ0n) is 7.32. The molecule has 0 saturated heterocycles. The third kappa shape index (κ3) is 3.05. The second-order valence-electron chi connectivity index (χ2n) is 2.29. The van der Waals surface area contributed by atoms with Gasteiger partial charge in [-0.2, -0.15) is 0 Å². The zero-order valence-corrected chi connectivity index (χ0v) is 8.14. The summed E-state index contributed by atoms with van der Waals surface area (Å²) in [7, 11) is 0. The second kappa shape index (κ2) is 4.93. The minimum Gasteiger partial charge on any atom is -0.242 e. The Morgan fingerprint density at radius 3 is 3.08 bits per heavy atom. The van der Waals surface area contributed by atoms with Crippen molar-refractivity contribution in [1.82, 2.24) is 9.97 Å². The van der Waals surface area contributed by atoms with Gasteiger partial charge in [-0.1, -0.05) is 6.92 Å². The SMILES string of the molecule is CCS/C=C/c1ccnc(C)n1. The van der Waals surface area contributed by atoms with Gasteiger partial charge >= 0.3 is 0 Å². The molecule has 1 heterocycles. The molecule has 3 heteroatoms. The van der Waals surface area contributed by atoms with Crippen LogP contribution in [0.3, 0.4) is 0 Å². The number of nitrogens with zero attached hydrogens (tertiary/aromatic N) is 2. The largest absolute Gasteiger partial charge is 0.242 e. The van der Waals surface area contributed by atoms with Gasteiger partial charge in [-0.05, 0) is 30.2 Å². The first-order valence-electron chi connectivity index (χ1n) is 3.90. The van der Waals surface area contributed by atoms with Crippen LogP contribution in [-0.4, -0.2) is 15.7 Å². The highest BCUT2D eigenvalue weighted by Gasteiger charge is 1.88. The monoisotopic (exact) mass is 180 g/mol. The van der Waals surface area contributed by atoms with Gasteiger partial charge in [0.2, 0.25) is 0 Å². The lowest BCUT2D eigenvalue weighted by Gasteiger charge is -1.92. The van der Waals surface area contributed by atoms with Crippen LogP contribution in [0.25, 0.3) is 6.08 Å². The molecule has 12 heavy (non-hydrogen) atoms. The number of hydrogen-bond donors (Lipinski definition) is 0. The average Bonchev–Trinajstić information content (AvgIpc) is 2.05. The van der Waals surface area contributed by atoms with Crippen molar-refractivity contribution < 1.29 is 0 Å². The highest BCUT2D eigenvalue weighted by Crippen LogP contribution is 2.05. The molecule has 0 atom stereocenters. The molecule has 0 fully saturated rings. The van der Waals surface area contributed by atoms with Crippen molar-refractivity contribution in [3.8, 4) is 0 Å². The lowest BCUT2D eigenvalue weighted by molar-refractivity contribution is 1.04. The van der Waals surface area contributed by atoms with E-state index in [1.165, 1.54) is 0 Å². The van der Waals surface area contributed by atoms with Gasteiger partial charge < -0.3 is 0 Å². The van der Waals surface area contributed by atoms with E-state index >= 15 is 0 Å².